The molecule has 1 aromatic rings. The van der Waals surface area contributed by atoms with Gasteiger partial charge < -0.3 is 14.6 Å². The Bertz CT molecular complexity index is 479. The summed E-state index contributed by atoms with van der Waals surface area (Å²) in [6.45, 7) is 1.95. The predicted octanol–water partition coefficient (Wildman–Crippen LogP) is 1.67. The van der Waals surface area contributed by atoms with Gasteiger partial charge >= 0.3 is 0 Å². The van der Waals surface area contributed by atoms with E-state index in [1.54, 1.807) is 7.11 Å². The number of nitrogens with zero attached hydrogens (tertiary/aromatic N) is 1. The number of aliphatic hydroxyl groups excluding tert-OH is 1. The largest absolute Gasteiger partial charge is 0.497 e. The maximum atomic E-state index is 10.0. The van der Waals surface area contributed by atoms with Gasteiger partial charge in [0.1, 0.15) is 12.4 Å². The van der Waals surface area contributed by atoms with Gasteiger partial charge in [-0.2, -0.15) is 0 Å². The van der Waals surface area contributed by atoms with Crippen molar-refractivity contribution in [2.24, 2.45) is 0 Å². The van der Waals surface area contributed by atoms with Gasteiger partial charge in [0.05, 0.1) is 19.8 Å². The molecule has 0 aliphatic heterocycles. The van der Waals surface area contributed by atoms with E-state index in [-0.39, 0.29) is 13.2 Å². The van der Waals surface area contributed by atoms with E-state index < -0.39 is 6.10 Å². The number of methoxy groups -OCH3 is 1. The van der Waals surface area contributed by atoms with E-state index in [1.165, 1.54) is 18.4 Å². The van der Waals surface area contributed by atoms with E-state index in [2.05, 4.69) is 16.9 Å². The fourth-order valence-corrected chi connectivity index (χ4v) is 2.37. The van der Waals surface area contributed by atoms with Crippen LogP contribution >= 0.6 is 0 Å². The predicted molar refractivity (Wildman–Crippen MR) is 82.1 cm³/mol. The Labute approximate surface area is 126 Å². The Morgan fingerprint density at radius 1 is 1.48 bits per heavy atom. The third-order valence-electron chi connectivity index (χ3n) is 3.52. The summed E-state index contributed by atoms with van der Waals surface area (Å²) >= 11 is 0. The number of rotatable bonds is 9. The molecule has 0 bridgehead atoms. The van der Waals surface area contributed by atoms with E-state index in [1.807, 2.05) is 18.2 Å². The molecule has 114 valence electrons. The second-order valence-electron chi connectivity index (χ2n) is 5.39. The van der Waals surface area contributed by atoms with Crippen molar-refractivity contribution < 1.29 is 14.6 Å². The van der Waals surface area contributed by atoms with Crippen molar-refractivity contribution in [3.05, 3.63) is 29.8 Å². The highest BCUT2D eigenvalue weighted by molar-refractivity contribution is 5.28. The van der Waals surface area contributed by atoms with Crippen LogP contribution in [-0.2, 0) is 11.3 Å². The molecule has 0 radical (unpaired) electrons. The van der Waals surface area contributed by atoms with Crippen molar-refractivity contribution in [1.29, 1.82) is 0 Å². The molecule has 0 saturated heterocycles. The molecule has 1 unspecified atom stereocenters. The van der Waals surface area contributed by atoms with Crippen LogP contribution in [0.25, 0.3) is 0 Å². The lowest BCUT2D eigenvalue weighted by Crippen LogP contribution is -2.36. The Kier molecular flexibility index (Phi) is 6.06. The molecule has 0 heterocycles. The second kappa shape index (κ2) is 8.04. The van der Waals surface area contributed by atoms with Gasteiger partial charge in [-0.1, -0.05) is 18.1 Å². The van der Waals surface area contributed by atoms with Crippen LogP contribution in [0.2, 0.25) is 0 Å². The van der Waals surface area contributed by atoms with Crippen molar-refractivity contribution in [1.82, 2.24) is 4.90 Å². The zero-order chi connectivity index (χ0) is 15.1. The minimum atomic E-state index is -0.510. The van der Waals surface area contributed by atoms with E-state index in [9.17, 15) is 5.11 Å². The molecular formula is C17H23NO3. The SMILES string of the molecule is C#CCOCC(O)CN(Cc1cccc(OC)c1)C1CC1. The highest BCUT2D eigenvalue weighted by Crippen LogP contribution is 2.29. The number of hydrogen-bond acceptors (Lipinski definition) is 4. The number of hydrogen-bond donors (Lipinski definition) is 1. The molecule has 1 fully saturated rings. The van der Waals surface area contributed by atoms with Crippen LogP contribution in [0.3, 0.4) is 0 Å². The Balaban J connectivity index is 1.88. The van der Waals surface area contributed by atoms with Crippen LogP contribution < -0.4 is 4.74 Å². The van der Waals surface area contributed by atoms with Crippen LogP contribution in [0.1, 0.15) is 18.4 Å². The first-order valence-corrected chi connectivity index (χ1v) is 7.29. The first kappa shape index (κ1) is 15.8. The summed E-state index contributed by atoms with van der Waals surface area (Å²) in [6, 6.07) is 8.62. The first-order valence-electron chi connectivity index (χ1n) is 7.29. The van der Waals surface area contributed by atoms with E-state index in [4.69, 9.17) is 15.9 Å². The number of benzene rings is 1. The smallest absolute Gasteiger partial charge is 0.119 e. The zero-order valence-electron chi connectivity index (χ0n) is 12.5. The van der Waals surface area contributed by atoms with Gasteiger partial charge in [0.2, 0.25) is 0 Å². The lowest BCUT2D eigenvalue weighted by molar-refractivity contribution is 0.0242. The minimum Gasteiger partial charge on any atom is -0.497 e. The maximum Gasteiger partial charge on any atom is 0.119 e. The van der Waals surface area contributed by atoms with Gasteiger partial charge in [0.15, 0.2) is 0 Å². The second-order valence-corrected chi connectivity index (χ2v) is 5.39. The van der Waals surface area contributed by atoms with Crippen molar-refractivity contribution in [3.8, 4) is 18.1 Å². The van der Waals surface area contributed by atoms with E-state index in [0.29, 0.717) is 12.6 Å². The number of terminal acetylenes is 1. The molecule has 2 rings (SSSR count). The average Bonchev–Trinajstić information content (AvgIpc) is 3.32. The van der Waals surface area contributed by atoms with Crippen LogP contribution in [-0.4, -0.2) is 49.0 Å². The fourth-order valence-electron chi connectivity index (χ4n) is 2.37. The van der Waals surface area contributed by atoms with Crippen molar-refractivity contribution in [3.63, 3.8) is 0 Å². The standard InChI is InChI=1S/C17H23NO3/c1-3-9-21-13-16(19)12-18(15-7-8-15)11-14-5-4-6-17(10-14)20-2/h1,4-6,10,15-16,19H,7-9,11-13H2,2H3. The van der Waals surface area contributed by atoms with Gasteiger partial charge in [-0.3, -0.25) is 4.90 Å². The normalized spacial score (nSPS) is 15.7. The van der Waals surface area contributed by atoms with Crippen LogP contribution in [0.5, 0.6) is 5.75 Å². The molecule has 4 heteroatoms. The molecule has 21 heavy (non-hydrogen) atoms. The molecule has 1 aliphatic carbocycles. The minimum absolute atomic E-state index is 0.246. The van der Waals surface area contributed by atoms with Gasteiger partial charge in [-0.25, -0.2) is 0 Å². The molecule has 1 aromatic carbocycles. The zero-order valence-corrected chi connectivity index (χ0v) is 12.5. The molecule has 1 aliphatic rings. The topological polar surface area (TPSA) is 41.9 Å². The van der Waals surface area contributed by atoms with Gasteiger partial charge in [0, 0.05) is 19.1 Å². The first-order chi connectivity index (χ1) is 10.2. The third kappa shape index (κ3) is 5.39. The molecule has 1 N–H and O–H groups in total. The average molecular weight is 289 g/mol. The molecule has 1 saturated carbocycles. The lowest BCUT2D eigenvalue weighted by atomic mass is 10.2. The van der Waals surface area contributed by atoms with Crippen LogP contribution in [0, 0.1) is 12.3 Å². The molecule has 0 spiro atoms. The van der Waals surface area contributed by atoms with E-state index >= 15 is 0 Å². The summed E-state index contributed by atoms with van der Waals surface area (Å²) < 4.78 is 10.5. The van der Waals surface area contributed by atoms with Gasteiger partial charge in [-0.15, -0.1) is 6.42 Å². The maximum absolute atomic E-state index is 10.0. The quantitative estimate of drug-likeness (QED) is 0.555. The summed E-state index contributed by atoms with van der Waals surface area (Å²) in [4.78, 5) is 2.30. The summed E-state index contributed by atoms with van der Waals surface area (Å²) in [5, 5.41) is 10.0. The molecule has 1 atom stereocenters. The lowest BCUT2D eigenvalue weighted by Gasteiger charge is -2.25. The summed E-state index contributed by atoms with van der Waals surface area (Å²) in [5.41, 5.74) is 1.19. The Morgan fingerprint density at radius 3 is 2.95 bits per heavy atom. The van der Waals surface area contributed by atoms with Crippen molar-refractivity contribution in [2.45, 2.75) is 31.5 Å². The van der Waals surface area contributed by atoms with E-state index in [0.717, 1.165) is 12.3 Å². The molecule has 4 nitrogen and oxygen atoms in total. The number of ether oxygens (including phenoxy) is 2. The highest BCUT2D eigenvalue weighted by Gasteiger charge is 2.30. The monoisotopic (exact) mass is 289 g/mol. The molecule has 0 amide bonds. The van der Waals surface area contributed by atoms with Gasteiger partial charge in [-0.05, 0) is 30.5 Å². The summed E-state index contributed by atoms with van der Waals surface area (Å²) in [6.07, 6.45) is 7.01. The summed E-state index contributed by atoms with van der Waals surface area (Å²) in [7, 11) is 1.67. The third-order valence-corrected chi connectivity index (χ3v) is 3.52. The summed E-state index contributed by atoms with van der Waals surface area (Å²) in [5.74, 6) is 3.27. The van der Waals surface area contributed by atoms with Gasteiger partial charge in [0.25, 0.3) is 0 Å². The van der Waals surface area contributed by atoms with Crippen LogP contribution in [0.15, 0.2) is 24.3 Å². The molecular weight excluding hydrogens is 266 g/mol. The fraction of sp³-hybridized carbons (Fsp3) is 0.529. The van der Waals surface area contributed by atoms with Crippen LogP contribution in [0.4, 0.5) is 0 Å². The Hall–Kier alpha value is -1.54. The highest BCUT2D eigenvalue weighted by atomic mass is 16.5. The van der Waals surface area contributed by atoms with Crippen molar-refractivity contribution in [2.75, 3.05) is 26.9 Å². The van der Waals surface area contributed by atoms with Crippen molar-refractivity contribution >= 4 is 0 Å². The number of aliphatic hydroxyl groups is 1. The Morgan fingerprint density at radius 2 is 2.29 bits per heavy atom. The molecule has 0 aromatic heterocycles.